The summed E-state index contributed by atoms with van der Waals surface area (Å²) in [5, 5.41) is 3.04. The summed E-state index contributed by atoms with van der Waals surface area (Å²) in [5.74, 6) is 0.284. The predicted octanol–water partition coefficient (Wildman–Crippen LogP) is 6.00. The summed E-state index contributed by atoms with van der Waals surface area (Å²) < 4.78 is 6.86. The molecule has 0 saturated heterocycles. The van der Waals surface area contributed by atoms with Crippen LogP contribution in [0.4, 0.5) is 0 Å². The molecule has 0 bridgehead atoms. The van der Waals surface area contributed by atoms with E-state index < -0.39 is 6.04 Å². The molecule has 0 aliphatic heterocycles. The number of halogens is 1. The van der Waals surface area contributed by atoms with Crippen LogP contribution in [-0.4, -0.2) is 35.9 Å². The van der Waals surface area contributed by atoms with Crippen molar-refractivity contribution in [3.8, 4) is 5.75 Å². The maximum Gasteiger partial charge on any atom is 0.261 e. The third-order valence-corrected chi connectivity index (χ3v) is 6.52. The smallest absolute Gasteiger partial charge is 0.261 e. The molecule has 1 atom stereocenters. The van der Waals surface area contributed by atoms with Gasteiger partial charge in [-0.1, -0.05) is 89.4 Å². The van der Waals surface area contributed by atoms with E-state index in [9.17, 15) is 9.59 Å². The molecule has 5 nitrogen and oxygen atoms in total. The number of benzene rings is 3. The first-order valence-corrected chi connectivity index (χ1v) is 13.2. The number of carbonyl (C=O) groups excluding carboxylic acids is 2. The Morgan fingerprint density at radius 3 is 2.42 bits per heavy atom. The van der Waals surface area contributed by atoms with Crippen molar-refractivity contribution in [1.82, 2.24) is 10.2 Å². The van der Waals surface area contributed by atoms with Crippen LogP contribution in [0.1, 0.15) is 42.0 Å². The summed E-state index contributed by atoms with van der Waals surface area (Å²) in [7, 11) is 0. The van der Waals surface area contributed by atoms with Gasteiger partial charge >= 0.3 is 0 Å². The Bertz CT molecular complexity index is 1150. The van der Waals surface area contributed by atoms with Gasteiger partial charge in [-0.15, -0.1) is 0 Å². The van der Waals surface area contributed by atoms with Crippen LogP contribution < -0.4 is 10.1 Å². The largest absolute Gasteiger partial charge is 0.483 e. The normalized spacial score (nSPS) is 11.6. The number of nitrogens with zero attached hydrogens (tertiary/aromatic N) is 1. The van der Waals surface area contributed by atoms with Gasteiger partial charge in [0, 0.05) is 24.0 Å². The highest BCUT2D eigenvalue weighted by molar-refractivity contribution is 9.10. The Kier molecular flexibility index (Phi) is 10.6. The fourth-order valence-electron chi connectivity index (χ4n) is 4.08. The number of aryl methyl sites for hydroxylation is 2. The van der Waals surface area contributed by atoms with Crippen LogP contribution in [0.2, 0.25) is 0 Å². The first kappa shape index (κ1) is 27.5. The van der Waals surface area contributed by atoms with Crippen LogP contribution >= 0.6 is 15.9 Å². The van der Waals surface area contributed by atoms with E-state index in [0.717, 1.165) is 39.6 Å². The highest BCUT2D eigenvalue weighted by atomic mass is 79.9. The van der Waals surface area contributed by atoms with Gasteiger partial charge in [0.2, 0.25) is 5.91 Å². The third kappa shape index (κ3) is 8.23. The topological polar surface area (TPSA) is 58.6 Å². The average molecular weight is 552 g/mol. The molecular formula is C30H35BrN2O3. The van der Waals surface area contributed by atoms with Gasteiger partial charge in [0.05, 0.1) is 0 Å². The minimum atomic E-state index is -0.668. The Labute approximate surface area is 223 Å². The summed E-state index contributed by atoms with van der Waals surface area (Å²) >= 11 is 3.52. The number of hydrogen-bond acceptors (Lipinski definition) is 3. The van der Waals surface area contributed by atoms with Crippen LogP contribution in [0.3, 0.4) is 0 Å². The van der Waals surface area contributed by atoms with E-state index >= 15 is 0 Å². The average Bonchev–Trinajstić information content (AvgIpc) is 2.86. The summed E-state index contributed by atoms with van der Waals surface area (Å²) in [4.78, 5) is 28.7. The van der Waals surface area contributed by atoms with Crippen LogP contribution in [0, 0.1) is 13.8 Å². The van der Waals surface area contributed by atoms with Crippen LogP contribution in [0.15, 0.2) is 77.3 Å². The molecule has 3 aromatic carbocycles. The molecule has 0 radical (unpaired) electrons. The second kappa shape index (κ2) is 13.8. The second-order valence-corrected chi connectivity index (χ2v) is 9.97. The fraction of sp³-hybridized carbons (Fsp3) is 0.333. The van der Waals surface area contributed by atoms with Gasteiger partial charge in [0.1, 0.15) is 11.8 Å². The summed E-state index contributed by atoms with van der Waals surface area (Å²) in [5.41, 5.74) is 4.03. The van der Waals surface area contributed by atoms with Crippen molar-refractivity contribution in [2.45, 2.75) is 52.6 Å². The molecule has 0 fully saturated rings. The zero-order chi connectivity index (χ0) is 25.9. The first-order chi connectivity index (χ1) is 17.4. The summed E-state index contributed by atoms with van der Waals surface area (Å²) in [6.45, 7) is 6.80. The molecular weight excluding hydrogens is 516 g/mol. The standard InChI is InChI=1S/C30H35BrN2O3/c1-4-5-16-32-30(35)27(19-24-10-7-6-8-11-24)33(20-25-12-9-13-26(31)18-25)29(34)21-36-28-15-14-22(2)17-23(28)3/h6-15,17-18,27H,4-5,16,19-21H2,1-3H3,(H,32,35). The molecule has 190 valence electrons. The van der Waals surface area contributed by atoms with Crippen LogP contribution in [0.5, 0.6) is 5.75 Å². The zero-order valence-electron chi connectivity index (χ0n) is 21.3. The number of ether oxygens (including phenoxy) is 1. The number of hydrogen-bond donors (Lipinski definition) is 1. The predicted molar refractivity (Wildman–Crippen MR) is 148 cm³/mol. The number of nitrogens with one attached hydrogen (secondary N) is 1. The lowest BCUT2D eigenvalue weighted by molar-refractivity contribution is -0.142. The van der Waals surface area contributed by atoms with Gasteiger partial charge < -0.3 is 15.0 Å². The maximum atomic E-state index is 13.7. The molecule has 0 spiro atoms. The van der Waals surface area contributed by atoms with E-state index in [1.54, 1.807) is 4.90 Å². The second-order valence-electron chi connectivity index (χ2n) is 9.06. The lowest BCUT2D eigenvalue weighted by Crippen LogP contribution is -2.51. The number of carbonyl (C=O) groups is 2. The molecule has 0 aromatic heterocycles. The van der Waals surface area contributed by atoms with Gasteiger partial charge in [-0.3, -0.25) is 9.59 Å². The van der Waals surface area contributed by atoms with E-state index in [2.05, 4.69) is 28.2 Å². The molecule has 0 aliphatic carbocycles. The van der Waals surface area contributed by atoms with Gasteiger partial charge in [0.15, 0.2) is 6.61 Å². The third-order valence-electron chi connectivity index (χ3n) is 6.02. The minimum Gasteiger partial charge on any atom is -0.483 e. The summed E-state index contributed by atoms with van der Waals surface area (Å²) in [6, 6.07) is 22.8. The number of unbranched alkanes of at least 4 members (excludes halogenated alkanes) is 1. The lowest BCUT2D eigenvalue weighted by atomic mass is 10.0. The van der Waals surface area contributed by atoms with Crippen LogP contribution in [0.25, 0.3) is 0 Å². The van der Waals surface area contributed by atoms with Crippen molar-refractivity contribution in [2.75, 3.05) is 13.2 Å². The van der Waals surface area contributed by atoms with Crippen molar-refractivity contribution in [2.24, 2.45) is 0 Å². The molecule has 6 heteroatoms. The maximum absolute atomic E-state index is 13.7. The van der Waals surface area contributed by atoms with E-state index in [-0.39, 0.29) is 18.4 Å². The Morgan fingerprint density at radius 2 is 1.72 bits per heavy atom. The first-order valence-electron chi connectivity index (χ1n) is 12.4. The Hall–Kier alpha value is -3.12. The molecule has 36 heavy (non-hydrogen) atoms. The summed E-state index contributed by atoms with van der Waals surface area (Å²) in [6.07, 6.45) is 2.29. The lowest BCUT2D eigenvalue weighted by Gasteiger charge is -2.31. The van der Waals surface area contributed by atoms with E-state index in [0.29, 0.717) is 25.3 Å². The van der Waals surface area contributed by atoms with Crippen molar-refractivity contribution < 1.29 is 14.3 Å². The monoisotopic (exact) mass is 550 g/mol. The zero-order valence-corrected chi connectivity index (χ0v) is 22.9. The van der Waals surface area contributed by atoms with Gasteiger partial charge in [-0.2, -0.15) is 0 Å². The van der Waals surface area contributed by atoms with Crippen molar-refractivity contribution in [1.29, 1.82) is 0 Å². The molecule has 1 unspecified atom stereocenters. The molecule has 0 aliphatic rings. The van der Waals surface area contributed by atoms with Crippen molar-refractivity contribution in [3.05, 3.63) is 99.5 Å². The molecule has 2 amide bonds. The van der Waals surface area contributed by atoms with E-state index in [4.69, 9.17) is 4.74 Å². The SMILES string of the molecule is CCCCNC(=O)C(Cc1ccccc1)N(Cc1cccc(Br)c1)C(=O)COc1ccc(C)cc1C. The fourth-order valence-corrected chi connectivity index (χ4v) is 4.52. The van der Waals surface area contributed by atoms with Crippen molar-refractivity contribution in [3.63, 3.8) is 0 Å². The highest BCUT2D eigenvalue weighted by Gasteiger charge is 2.30. The molecule has 3 rings (SSSR count). The van der Waals surface area contributed by atoms with Gasteiger partial charge in [0.25, 0.3) is 5.91 Å². The molecule has 1 N–H and O–H groups in total. The molecule has 0 heterocycles. The minimum absolute atomic E-state index is 0.147. The van der Waals surface area contributed by atoms with E-state index in [1.807, 2.05) is 86.6 Å². The van der Waals surface area contributed by atoms with Crippen molar-refractivity contribution >= 4 is 27.7 Å². The van der Waals surface area contributed by atoms with Gasteiger partial charge in [-0.25, -0.2) is 0 Å². The Balaban J connectivity index is 1.89. The quantitative estimate of drug-likeness (QED) is 0.281. The highest BCUT2D eigenvalue weighted by Crippen LogP contribution is 2.21. The Morgan fingerprint density at radius 1 is 0.972 bits per heavy atom. The number of rotatable bonds is 12. The molecule has 3 aromatic rings. The van der Waals surface area contributed by atoms with Crippen LogP contribution in [-0.2, 0) is 22.6 Å². The number of amides is 2. The molecule has 0 saturated carbocycles. The van der Waals surface area contributed by atoms with E-state index in [1.165, 1.54) is 0 Å². The van der Waals surface area contributed by atoms with Gasteiger partial charge in [-0.05, 0) is 55.2 Å².